The van der Waals surface area contributed by atoms with Crippen molar-refractivity contribution in [3.63, 3.8) is 0 Å². The summed E-state index contributed by atoms with van der Waals surface area (Å²) in [5.74, 6) is -0.281. The summed E-state index contributed by atoms with van der Waals surface area (Å²) in [7, 11) is 0. The fourth-order valence-corrected chi connectivity index (χ4v) is 1.43. The van der Waals surface area contributed by atoms with Crippen LogP contribution in [0.25, 0.3) is 0 Å². The first-order valence-corrected chi connectivity index (χ1v) is 5.76. The molecule has 5 heteroatoms. The number of ketones is 1. The molecule has 0 unspecified atom stereocenters. The van der Waals surface area contributed by atoms with Crippen molar-refractivity contribution in [2.24, 2.45) is 0 Å². The van der Waals surface area contributed by atoms with Crippen molar-refractivity contribution in [2.45, 2.75) is 0 Å². The topological polar surface area (TPSA) is 68.4 Å². The minimum Gasteiger partial charge on any atom is -0.482 e. The normalized spacial score (nSPS) is 9.89. The molecule has 0 saturated heterocycles. The van der Waals surface area contributed by atoms with E-state index in [0.717, 1.165) is 0 Å². The largest absolute Gasteiger partial charge is 0.482 e. The molecule has 1 aromatic heterocycles. The first kappa shape index (κ1) is 12.9. The van der Waals surface area contributed by atoms with Gasteiger partial charge in [-0.05, 0) is 24.3 Å². The molecule has 0 spiro atoms. The number of benzene rings is 1. The van der Waals surface area contributed by atoms with Gasteiger partial charge in [0.2, 0.25) is 5.78 Å². The predicted octanol–water partition coefficient (Wildman–Crippen LogP) is 1.82. The van der Waals surface area contributed by atoms with Crippen LogP contribution in [0.4, 0.5) is 0 Å². The van der Waals surface area contributed by atoms with Crippen molar-refractivity contribution in [1.29, 1.82) is 0 Å². The average Bonchev–Trinajstić information content (AvgIpc) is 2.98. The van der Waals surface area contributed by atoms with E-state index >= 15 is 0 Å². The van der Waals surface area contributed by atoms with Crippen molar-refractivity contribution in [1.82, 2.24) is 4.98 Å². The van der Waals surface area contributed by atoms with E-state index in [2.05, 4.69) is 4.98 Å². The van der Waals surface area contributed by atoms with Crippen LogP contribution in [0.1, 0.15) is 10.5 Å². The van der Waals surface area contributed by atoms with Gasteiger partial charge in [-0.3, -0.25) is 4.79 Å². The number of hydrogen-bond acceptors (Lipinski definition) is 4. The second-order valence-electron chi connectivity index (χ2n) is 3.77. The number of aromatic amines is 1. The van der Waals surface area contributed by atoms with Gasteiger partial charge in [0.05, 0.1) is 5.69 Å². The molecule has 0 amide bonds. The van der Waals surface area contributed by atoms with Crippen LogP contribution in [0.5, 0.6) is 5.75 Å². The highest BCUT2D eigenvalue weighted by Crippen LogP contribution is 2.07. The Hall–Kier alpha value is -2.56. The SMILES string of the molecule is O=C(COc1ccccc1)OCC(=O)c1ccc[nH]1. The molecule has 5 nitrogen and oxygen atoms in total. The molecule has 98 valence electrons. The molecular formula is C14H13NO4. The van der Waals surface area contributed by atoms with Crippen molar-refractivity contribution < 1.29 is 19.1 Å². The zero-order valence-electron chi connectivity index (χ0n) is 10.2. The molecule has 0 radical (unpaired) electrons. The van der Waals surface area contributed by atoms with E-state index < -0.39 is 5.97 Å². The highest BCUT2D eigenvalue weighted by molar-refractivity contribution is 5.96. The Balaban J connectivity index is 1.72. The van der Waals surface area contributed by atoms with Gasteiger partial charge in [0.15, 0.2) is 13.2 Å². The third kappa shape index (κ3) is 3.99. The lowest BCUT2D eigenvalue weighted by molar-refractivity contribution is -0.144. The number of esters is 1. The lowest BCUT2D eigenvalue weighted by Gasteiger charge is -2.06. The van der Waals surface area contributed by atoms with Gasteiger partial charge in [0.1, 0.15) is 5.75 Å². The lowest BCUT2D eigenvalue weighted by Crippen LogP contribution is -2.19. The van der Waals surface area contributed by atoms with Gasteiger partial charge in [-0.25, -0.2) is 4.79 Å². The Labute approximate surface area is 110 Å². The summed E-state index contributed by atoms with van der Waals surface area (Å²) in [6, 6.07) is 12.2. The van der Waals surface area contributed by atoms with Crippen LogP contribution in [-0.2, 0) is 9.53 Å². The Kier molecular flexibility index (Phi) is 4.34. The van der Waals surface area contributed by atoms with Crippen LogP contribution in [-0.4, -0.2) is 30.0 Å². The third-order valence-electron chi connectivity index (χ3n) is 2.36. The zero-order valence-corrected chi connectivity index (χ0v) is 10.2. The van der Waals surface area contributed by atoms with Gasteiger partial charge in [-0.2, -0.15) is 0 Å². The van der Waals surface area contributed by atoms with E-state index in [1.807, 2.05) is 6.07 Å². The maximum absolute atomic E-state index is 11.5. The van der Waals surface area contributed by atoms with E-state index in [9.17, 15) is 9.59 Å². The van der Waals surface area contributed by atoms with E-state index in [0.29, 0.717) is 11.4 Å². The standard InChI is InChI=1S/C14H13NO4/c16-13(12-7-4-8-15-12)9-19-14(17)10-18-11-5-2-1-3-6-11/h1-8,15H,9-10H2. The fraction of sp³-hybridized carbons (Fsp3) is 0.143. The summed E-state index contributed by atoms with van der Waals surface area (Å²) < 4.78 is 10.0. The van der Waals surface area contributed by atoms with Crippen LogP contribution in [0, 0.1) is 0 Å². The van der Waals surface area contributed by atoms with E-state index in [4.69, 9.17) is 9.47 Å². The second-order valence-corrected chi connectivity index (χ2v) is 3.77. The van der Waals surface area contributed by atoms with Gasteiger partial charge < -0.3 is 14.5 Å². The smallest absolute Gasteiger partial charge is 0.344 e. The Morgan fingerprint density at radius 2 is 1.79 bits per heavy atom. The lowest BCUT2D eigenvalue weighted by atomic mass is 10.3. The van der Waals surface area contributed by atoms with Crippen LogP contribution >= 0.6 is 0 Å². The summed E-state index contributed by atoms with van der Waals surface area (Å²) in [5.41, 5.74) is 0.414. The molecule has 0 fully saturated rings. The number of aromatic nitrogens is 1. The summed E-state index contributed by atoms with van der Waals surface area (Å²) in [6.07, 6.45) is 1.63. The van der Waals surface area contributed by atoms with Gasteiger partial charge in [0, 0.05) is 6.20 Å². The minimum absolute atomic E-state index is 0.220. The number of para-hydroxylation sites is 1. The summed E-state index contributed by atoms with van der Waals surface area (Å²) in [6.45, 7) is -0.514. The monoisotopic (exact) mass is 259 g/mol. The first-order chi connectivity index (χ1) is 9.25. The number of carbonyl (C=O) groups excluding carboxylic acids is 2. The molecule has 0 atom stereocenters. The van der Waals surface area contributed by atoms with E-state index in [1.54, 1.807) is 42.6 Å². The number of Topliss-reactive ketones (excluding diaryl/α,β-unsaturated/α-hetero) is 1. The summed E-state index contributed by atoms with van der Waals surface area (Å²) in [4.78, 5) is 25.7. The molecule has 0 bridgehead atoms. The predicted molar refractivity (Wildman–Crippen MR) is 68.0 cm³/mol. The Bertz CT molecular complexity index is 534. The Morgan fingerprint density at radius 1 is 1.00 bits per heavy atom. The van der Waals surface area contributed by atoms with Crippen LogP contribution in [0.15, 0.2) is 48.7 Å². The number of rotatable bonds is 6. The molecule has 2 aromatic rings. The molecule has 1 N–H and O–H groups in total. The molecule has 19 heavy (non-hydrogen) atoms. The quantitative estimate of drug-likeness (QED) is 0.634. The van der Waals surface area contributed by atoms with Crippen molar-refractivity contribution >= 4 is 11.8 Å². The van der Waals surface area contributed by atoms with Gasteiger partial charge in [-0.1, -0.05) is 18.2 Å². The maximum Gasteiger partial charge on any atom is 0.344 e. The van der Waals surface area contributed by atoms with Crippen molar-refractivity contribution in [3.8, 4) is 5.75 Å². The highest BCUT2D eigenvalue weighted by Gasteiger charge is 2.10. The number of H-pyrrole nitrogens is 1. The number of hydrogen-bond donors (Lipinski definition) is 1. The minimum atomic E-state index is -0.580. The summed E-state index contributed by atoms with van der Waals surface area (Å²) in [5, 5.41) is 0. The summed E-state index contributed by atoms with van der Waals surface area (Å²) >= 11 is 0. The third-order valence-corrected chi connectivity index (χ3v) is 2.36. The molecule has 2 rings (SSSR count). The second kappa shape index (κ2) is 6.39. The van der Waals surface area contributed by atoms with Crippen molar-refractivity contribution in [3.05, 3.63) is 54.4 Å². The maximum atomic E-state index is 11.5. The van der Waals surface area contributed by atoms with Crippen molar-refractivity contribution in [2.75, 3.05) is 13.2 Å². The zero-order chi connectivity index (χ0) is 13.5. The number of nitrogens with one attached hydrogen (secondary N) is 1. The average molecular weight is 259 g/mol. The molecule has 0 aliphatic rings. The first-order valence-electron chi connectivity index (χ1n) is 5.76. The van der Waals surface area contributed by atoms with E-state index in [1.165, 1.54) is 0 Å². The molecule has 0 aliphatic heterocycles. The van der Waals surface area contributed by atoms with Gasteiger partial charge in [0.25, 0.3) is 0 Å². The molecular weight excluding hydrogens is 246 g/mol. The molecule has 0 aliphatic carbocycles. The Morgan fingerprint density at radius 3 is 2.47 bits per heavy atom. The number of ether oxygens (including phenoxy) is 2. The van der Waals surface area contributed by atoms with Gasteiger partial charge in [-0.15, -0.1) is 0 Å². The fourth-order valence-electron chi connectivity index (χ4n) is 1.43. The van der Waals surface area contributed by atoms with Crippen LogP contribution in [0.3, 0.4) is 0 Å². The van der Waals surface area contributed by atoms with Gasteiger partial charge >= 0.3 is 5.97 Å². The molecule has 0 saturated carbocycles. The molecule has 1 aromatic carbocycles. The van der Waals surface area contributed by atoms with Crippen LogP contribution in [0.2, 0.25) is 0 Å². The molecule has 1 heterocycles. The van der Waals surface area contributed by atoms with Crippen LogP contribution < -0.4 is 4.74 Å². The highest BCUT2D eigenvalue weighted by atomic mass is 16.6. The van der Waals surface area contributed by atoms with E-state index in [-0.39, 0.29) is 19.0 Å². The number of carbonyl (C=O) groups is 2.